The van der Waals surface area contributed by atoms with Crippen molar-refractivity contribution in [3.05, 3.63) is 76.3 Å². The number of pyridine rings is 1. The van der Waals surface area contributed by atoms with Crippen molar-refractivity contribution in [3.8, 4) is 11.4 Å². The van der Waals surface area contributed by atoms with E-state index in [-0.39, 0.29) is 0 Å². The minimum absolute atomic E-state index is 0.441. The van der Waals surface area contributed by atoms with E-state index in [1.807, 2.05) is 12.1 Å². The number of alkyl halides is 3. The summed E-state index contributed by atoms with van der Waals surface area (Å²) >= 11 is 6.14. The zero-order valence-electron chi connectivity index (χ0n) is 14.7. The third-order valence-corrected chi connectivity index (χ3v) is 5.05. The first-order valence-corrected chi connectivity index (χ1v) is 9.12. The third-order valence-electron chi connectivity index (χ3n) is 4.71. The first-order valence-electron chi connectivity index (χ1n) is 8.74. The summed E-state index contributed by atoms with van der Waals surface area (Å²) < 4.78 is 38.2. The number of halogens is 4. The van der Waals surface area contributed by atoms with Crippen LogP contribution < -0.4 is 0 Å². The predicted molar refractivity (Wildman–Crippen MR) is 99.5 cm³/mol. The molecule has 2 aromatic heterocycles. The van der Waals surface area contributed by atoms with Crippen molar-refractivity contribution >= 4 is 11.6 Å². The van der Waals surface area contributed by atoms with Crippen LogP contribution in [0.5, 0.6) is 0 Å². The van der Waals surface area contributed by atoms with E-state index in [0.717, 1.165) is 41.9 Å². The quantitative estimate of drug-likeness (QED) is 0.590. The molecule has 0 atom stereocenters. The van der Waals surface area contributed by atoms with Gasteiger partial charge in [-0.1, -0.05) is 29.8 Å². The van der Waals surface area contributed by atoms with E-state index in [1.165, 1.54) is 12.1 Å². The summed E-state index contributed by atoms with van der Waals surface area (Å²) in [6.45, 7) is 2.18. The molecule has 0 bridgehead atoms. The molecule has 1 aliphatic rings. The topological polar surface area (TPSA) is 41.9 Å². The Morgan fingerprint density at radius 1 is 1.07 bits per heavy atom. The minimum atomic E-state index is -4.35. The molecular formula is C20H16ClF3N4. The molecule has 4 rings (SSSR count). The summed E-state index contributed by atoms with van der Waals surface area (Å²) in [5.74, 6) is 0.441. The maximum atomic E-state index is 12.7. The molecule has 0 unspecified atom stereocenters. The number of nitrogens with zero attached hydrogens (tertiary/aromatic N) is 4. The van der Waals surface area contributed by atoms with E-state index in [1.54, 1.807) is 12.4 Å². The second kappa shape index (κ2) is 7.48. The van der Waals surface area contributed by atoms with Crippen molar-refractivity contribution in [3.63, 3.8) is 0 Å². The number of fused-ring (bicyclic) bond motifs is 1. The van der Waals surface area contributed by atoms with Crippen molar-refractivity contribution in [2.45, 2.75) is 25.7 Å². The number of aromatic nitrogens is 3. The van der Waals surface area contributed by atoms with E-state index in [2.05, 4.69) is 19.9 Å². The first kappa shape index (κ1) is 18.8. The molecule has 0 fully saturated rings. The highest BCUT2D eigenvalue weighted by Crippen LogP contribution is 2.30. The lowest BCUT2D eigenvalue weighted by atomic mass is 10.1. The van der Waals surface area contributed by atoms with Crippen LogP contribution in [0.3, 0.4) is 0 Å². The SMILES string of the molecule is FC(F)(F)c1ccc(-c2ncc3c(n2)CCN(Cc2cccnc2Cl)C3)cc1. The van der Waals surface area contributed by atoms with Gasteiger partial charge in [0.25, 0.3) is 0 Å². The highest BCUT2D eigenvalue weighted by molar-refractivity contribution is 6.30. The van der Waals surface area contributed by atoms with E-state index in [9.17, 15) is 13.2 Å². The van der Waals surface area contributed by atoms with E-state index in [0.29, 0.717) is 29.6 Å². The van der Waals surface area contributed by atoms with Gasteiger partial charge in [-0.15, -0.1) is 0 Å². The van der Waals surface area contributed by atoms with Gasteiger partial charge in [0.1, 0.15) is 5.15 Å². The fraction of sp³-hybridized carbons (Fsp3) is 0.250. The van der Waals surface area contributed by atoms with Gasteiger partial charge in [0.05, 0.1) is 11.3 Å². The molecule has 0 saturated carbocycles. The van der Waals surface area contributed by atoms with Crippen LogP contribution in [0.1, 0.15) is 22.4 Å². The molecule has 144 valence electrons. The zero-order chi connectivity index (χ0) is 19.7. The lowest BCUT2D eigenvalue weighted by Crippen LogP contribution is -2.31. The molecule has 1 aliphatic heterocycles. The average Bonchev–Trinajstić information content (AvgIpc) is 2.69. The van der Waals surface area contributed by atoms with Crippen LogP contribution in [0.25, 0.3) is 11.4 Å². The Labute approximate surface area is 165 Å². The molecule has 3 heterocycles. The Kier molecular flexibility index (Phi) is 5.03. The van der Waals surface area contributed by atoms with Crippen LogP contribution in [0.2, 0.25) is 5.15 Å². The second-order valence-corrected chi connectivity index (χ2v) is 7.01. The number of hydrogen-bond acceptors (Lipinski definition) is 4. The summed E-state index contributed by atoms with van der Waals surface area (Å²) in [5.41, 5.74) is 2.80. The Morgan fingerprint density at radius 2 is 1.86 bits per heavy atom. The van der Waals surface area contributed by atoms with Crippen molar-refractivity contribution < 1.29 is 13.2 Å². The average molecular weight is 405 g/mol. The van der Waals surface area contributed by atoms with Crippen molar-refractivity contribution in [1.82, 2.24) is 19.9 Å². The fourth-order valence-corrected chi connectivity index (χ4v) is 3.41. The molecule has 4 nitrogen and oxygen atoms in total. The molecule has 28 heavy (non-hydrogen) atoms. The molecule has 0 spiro atoms. The van der Waals surface area contributed by atoms with Gasteiger partial charge in [-0.25, -0.2) is 15.0 Å². The highest BCUT2D eigenvalue weighted by Gasteiger charge is 2.30. The molecule has 0 radical (unpaired) electrons. The Balaban J connectivity index is 1.50. The number of benzene rings is 1. The molecular weight excluding hydrogens is 389 g/mol. The number of hydrogen-bond donors (Lipinski definition) is 0. The monoisotopic (exact) mass is 404 g/mol. The standard InChI is InChI=1S/C20H16ClF3N4/c21-18-14(2-1-8-25-18)11-28-9-7-17-15(12-28)10-26-19(27-17)13-3-5-16(6-4-13)20(22,23)24/h1-6,8,10H,7,9,11-12H2. The summed E-state index contributed by atoms with van der Waals surface area (Å²) in [4.78, 5) is 15.3. The summed E-state index contributed by atoms with van der Waals surface area (Å²) in [7, 11) is 0. The van der Waals surface area contributed by atoms with Crippen LogP contribution in [0, 0.1) is 0 Å². The van der Waals surface area contributed by atoms with Crippen LogP contribution in [0.4, 0.5) is 13.2 Å². The first-order chi connectivity index (χ1) is 13.4. The Hall–Kier alpha value is -2.51. The molecule has 0 aliphatic carbocycles. The highest BCUT2D eigenvalue weighted by atomic mass is 35.5. The van der Waals surface area contributed by atoms with E-state index in [4.69, 9.17) is 11.6 Å². The molecule has 0 saturated heterocycles. The maximum absolute atomic E-state index is 12.7. The van der Waals surface area contributed by atoms with Gasteiger partial charge in [0, 0.05) is 55.1 Å². The predicted octanol–water partition coefficient (Wildman–Crippen LogP) is 4.77. The van der Waals surface area contributed by atoms with Gasteiger partial charge in [0.2, 0.25) is 0 Å². The molecule has 0 amide bonds. The Bertz CT molecular complexity index is 989. The molecule has 8 heteroatoms. The zero-order valence-corrected chi connectivity index (χ0v) is 15.5. The van der Waals surface area contributed by atoms with Gasteiger partial charge in [-0.2, -0.15) is 13.2 Å². The normalized spacial score (nSPS) is 14.7. The van der Waals surface area contributed by atoms with Crippen LogP contribution in [0.15, 0.2) is 48.8 Å². The Morgan fingerprint density at radius 3 is 2.57 bits per heavy atom. The van der Waals surface area contributed by atoms with Crippen LogP contribution in [-0.4, -0.2) is 26.4 Å². The molecule has 3 aromatic rings. The minimum Gasteiger partial charge on any atom is -0.294 e. The smallest absolute Gasteiger partial charge is 0.294 e. The molecule has 1 aromatic carbocycles. The maximum Gasteiger partial charge on any atom is 0.416 e. The lowest BCUT2D eigenvalue weighted by Gasteiger charge is -2.28. The van der Waals surface area contributed by atoms with Gasteiger partial charge in [0.15, 0.2) is 5.82 Å². The van der Waals surface area contributed by atoms with E-state index < -0.39 is 11.7 Å². The van der Waals surface area contributed by atoms with Gasteiger partial charge >= 0.3 is 6.18 Å². The van der Waals surface area contributed by atoms with Gasteiger partial charge in [-0.3, -0.25) is 4.90 Å². The van der Waals surface area contributed by atoms with Gasteiger partial charge in [-0.05, 0) is 18.2 Å². The van der Waals surface area contributed by atoms with Crippen molar-refractivity contribution in [2.75, 3.05) is 6.54 Å². The summed E-state index contributed by atoms with van der Waals surface area (Å²) in [6.07, 6.45) is -0.195. The third kappa shape index (κ3) is 4.00. The van der Waals surface area contributed by atoms with Crippen LogP contribution in [-0.2, 0) is 25.7 Å². The van der Waals surface area contributed by atoms with Crippen LogP contribution >= 0.6 is 11.6 Å². The second-order valence-electron chi connectivity index (χ2n) is 6.65. The lowest BCUT2D eigenvalue weighted by molar-refractivity contribution is -0.137. The van der Waals surface area contributed by atoms with Crippen molar-refractivity contribution in [2.24, 2.45) is 0 Å². The summed E-state index contributed by atoms with van der Waals surface area (Å²) in [6, 6.07) is 8.73. The van der Waals surface area contributed by atoms with Gasteiger partial charge < -0.3 is 0 Å². The summed E-state index contributed by atoms with van der Waals surface area (Å²) in [5, 5.41) is 0.502. The fourth-order valence-electron chi connectivity index (χ4n) is 3.24. The number of rotatable bonds is 3. The van der Waals surface area contributed by atoms with E-state index >= 15 is 0 Å². The van der Waals surface area contributed by atoms with Crippen molar-refractivity contribution in [1.29, 1.82) is 0 Å². The molecule has 0 N–H and O–H groups in total. The largest absolute Gasteiger partial charge is 0.416 e.